The predicted molar refractivity (Wildman–Crippen MR) is 149 cm³/mol. The molecule has 0 saturated carbocycles. The van der Waals surface area contributed by atoms with Crippen molar-refractivity contribution in [2.45, 2.75) is 19.3 Å². The number of benzene rings is 4. The third kappa shape index (κ3) is 5.41. The minimum atomic E-state index is -4.48. The van der Waals surface area contributed by atoms with E-state index in [9.17, 15) is 22.8 Å². The molecular weight excluding hydrogens is 535 g/mol. The maximum Gasteiger partial charge on any atom is 0.416 e. The fourth-order valence-corrected chi connectivity index (χ4v) is 4.87. The van der Waals surface area contributed by atoms with Crippen molar-refractivity contribution in [3.05, 3.63) is 107 Å². The molecule has 2 amide bonds. The van der Waals surface area contributed by atoms with Crippen LogP contribution in [-0.4, -0.2) is 30.9 Å². The third-order valence-corrected chi connectivity index (χ3v) is 6.94. The maximum absolute atomic E-state index is 13.5. The number of fused-ring (bicyclic) bond motifs is 1. The highest BCUT2D eigenvalue weighted by molar-refractivity contribution is 6.06. The average Bonchev–Trinajstić information content (AvgIpc) is 3.27. The lowest BCUT2D eigenvalue weighted by molar-refractivity contribution is -0.137. The molecule has 0 fully saturated rings. The Bertz CT molecular complexity index is 1620. The number of rotatable bonds is 7. The number of methoxy groups -OCH3 is 2. The molecule has 0 saturated heterocycles. The molecule has 210 valence electrons. The van der Waals surface area contributed by atoms with Crippen LogP contribution in [0.25, 0.3) is 11.1 Å². The first kappa shape index (κ1) is 27.6. The van der Waals surface area contributed by atoms with Gasteiger partial charge in [-0.2, -0.15) is 13.2 Å². The Labute approximate surface area is 234 Å². The van der Waals surface area contributed by atoms with Gasteiger partial charge in [0.2, 0.25) is 0 Å². The van der Waals surface area contributed by atoms with Gasteiger partial charge in [0.1, 0.15) is 0 Å². The minimum absolute atomic E-state index is 0.209. The van der Waals surface area contributed by atoms with Crippen molar-refractivity contribution < 1.29 is 32.2 Å². The molecule has 4 aromatic rings. The lowest BCUT2D eigenvalue weighted by Gasteiger charge is -2.18. The number of alkyl halides is 3. The van der Waals surface area contributed by atoms with Crippen molar-refractivity contribution in [2.24, 2.45) is 0 Å². The molecule has 7 nitrogen and oxygen atoms in total. The number of nitrogens with zero attached hydrogens (tertiary/aromatic N) is 1. The fourth-order valence-electron chi connectivity index (χ4n) is 4.87. The first-order valence-corrected chi connectivity index (χ1v) is 12.6. The number of hydrogen-bond donors (Lipinski definition) is 2. The number of ether oxygens (including phenoxy) is 2. The minimum Gasteiger partial charge on any atom is -0.493 e. The van der Waals surface area contributed by atoms with Gasteiger partial charge in [-0.3, -0.25) is 9.59 Å². The summed E-state index contributed by atoms with van der Waals surface area (Å²) in [6.45, 7) is 0.457. The van der Waals surface area contributed by atoms with Crippen LogP contribution in [0.1, 0.15) is 37.4 Å². The topological polar surface area (TPSA) is 93.9 Å². The summed E-state index contributed by atoms with van der Waals surface area (Å²) in [7, 11) is 2.87. The zero-order chi connectivity index (χ0) is 29.3. The fraction of sp³-hybridized carbons (Fsp3) is 0.161. The summed E-state index contributed by atoms with van der Waals surface area (Å²) < 4.78 is 50.6. The van der Waals surface area contributed by atoms with Gasteiger partial charge in [0.25, 0.3) is 11.8 Å². The third-order valence-electron chi connectivity index (χ3n) is 6.94. The quantitative estimate of drug-likeness (QED) is 0.256. The van der Waals surface area contributed by atoms with Gasteiger partial charge in [0, 0.05) is 29.8 Å². The number of nitrogens with one attached hydrogen (secondary N) is 1. The standard InChI is InChI=1S/C31H26F3N3O4/c1-40-26-15-22-23(27(28(26)41-2)19-11-13-21(14-12-19)31(32,33)34)17-37(30(22)39)16-18-7-9-20(10-8-18)29(38)36-25-6-4-3-5-24(25)35/h3-15H,16-17,35H2,1-2H3,(H,36,38). The number of halogens is 3. The molecule has 0 spiro atoms. The molecule has 0 bridgehead atoms. The van der Waals surface area contributed by atoms with Gasteiger partial charge in [0.05, 0.1) is 31.2 Å². The summed E-state index contributed by atoms with van der Waals surface area (Å²) in [6.07, 6.45) is -4.48. The SMILES string of the molecule is COc1cc2c(c(-c3ccc(C(F)(F)F)cc3)c1OC)CN(Cc1ccc(C(=O)Nc3ccccc3N)cc1)C2=O. The molecular formula is C31H26F3N3O4. The second-order valence-corrected chi connectivity index (χ2v) is 9.49. The lowest BCUT2D eigenvalue weighted by Crippen LogP contribution is -2.23. The van der Waals surface area contributed by atoms with E-state index >= 15 is 0 Å². The summed E-state index contributed by atoms with van der Waals surface area (Å²) in [5.74, 6) is 0.0517. The zero-order valence-corrected chi connectivity index (χ0v) is 22.2. The van der Waals surface area contributed by atoms with Crippen LogP contribution in [0.3, 0.4) is 0 Å². The van der Waals surface area contributed by atoms with Crippen LogP contribution in [0.5, 0.6) is 11.5 Å². The van der Waals surface area contributed by atoms with Crippen LogP contribution in [0, 0.1) is 0 Å². The van der Waals surface area contributed by atoms with Crippen LogP contribution in [0.4, 0.5) is 24.5 Å². The summed E-state index contributed by atoms with van der Waals surface area (Å²) in [6, 6.07) is 20.1. The van der Waals surface area contributed by atoms with E-state index in [1.54, 1.807) is 59.5 Å². The number of carbonyl (C=O) groups is 2. The lowest BCUT2D eigenvalue weighted by atomic mass is 9.94. The molecule has 0 aromatic heterocycles. The number of hydrogen-bond acceptors (Lipinski definition) is 5. The molecule has 41 heavy (non-hydrogen) atoms. The van der Waals surface area contributed by atoms with Crippen LogP contribution >= 0.6 is 0 Å². The molecule has 1 heterocycles. The van der Waals surface area contributed by atoms with E-state index in [2.05, 4.69) is 5.32 Å². The Morgan fingerprint density at radius 2 is 1.66 bits per heavy atom. The van der Waals surface area contributed by atoms with Gasteiger partial charge in [-0.1, -0.05) is 36.4 Å². The van der Waals surface area contributed by atoms with Gasteiger partial charge in [-0.15, -0.1) is 0 Å². The number of nitrogens with two attached hydrogens (primary N) is 1. The first-order valence-electron chi connectivity index (χ1n) is 12.6. The number of para-hydroxylation sites is 2. The Balaban J connectivity index is 1.40. The molecule has 3 N–H and O–H groups in total. The smallest absolute Gasteiger partial charge is 0.416 e. The van der Waals surface area contributed by atoms with Crippen molar-refractivity contribution in [1.29, 1.82) is 0 Å². The molecule has 1 aliphatic heterocycles. The number of anilines is 2. The summed E-state index contributed by atoms with van der Waals surface area (Å²) >= 11 is 0. The van der Waals surface area contributed by atoms with Crippen LogP contribution in [0.15, 0.2) is 78.9 Å². The zero-order valence-electron chi connectivity index (χ0n) is 22.2. The monoisotopic (exact) mass is 561 g/mol. The van der Waals surface area contributed by atoms with Gasteiger partial charge in [0.15, 0.2) is 11.5 Å². The summed E-state index contributed by atoms with van der Waals surface area (Å²) in [4.78, 5) is 27.7. The molecule has 10 heteroatoms. The highest BCUT2D eigenvalue weighted by Gasteiger charge is 2.34. The van der Waals surface area contributed by atoms with E-state index in [1.165, 1.54) is 26.4 Å². The van der Waals surface area contributed by atoms with Crippen molar-refractivity contribution in [3.63, 3.8) is 0 Å². The first-order chi connectivity index (χ1) is 19.6. The van der Waals surface area contributed by atoms with E-state index in [0.29, 0.717) is 50.7 Å². The van der Waals surface area contributed by atoms with Crippen molar-refractivity contribution in [2.75, 3.05) is 25.3 Å². The summed E-state index contributed by atoms with van der Waals surface area (Å²) in [5, 5.41) is 2.78. The molecule has 0 atom stereocenters. The molecule has 4 aromatic carbocycles. The highest BCUT2D eigenvalue weighted by Crippen LogP contribution is 2.46. The number of nitrogen functional groups attached to an aromatic ring is 1. The normalized spacial score (nSPS) is 12.7. The Morgan fingerprint density at radius 3 is 2.27 bits per heavy atom. The van der Waals surface area contributed by atoms with Gasteiger partial charge >= 0.3 is 6.18 Å². The van der Waals surface area contributed by atoms with E-state index in [0.717, 1.165) is 17.7 Å². The van der Waals surface area contributed by atoms with Crippen LogP contribution < -0.4 is 20.5 Å². The van der Waals surface area contributed by atoms with E-state index in [-0.39, 0.29) is 24.9 Å². The molecule has 1 aliphatic rings. The second kappa shape index (κ2) is 10.9. The maximum atomic E-state index is 13.5. The van der Waals surface area contributed by atoms with E-state index in [1.807, 2.05) is 0 Å². The Kier molecular flexibility index (Phi) is 7.32. The van der Waals surface area contributed by atoms with E-state index < -0.39 is 11.7 Å². The second-order valence-electron chi connectivity index (χ2n) is 9.49. The van der Waals surface area contributed by atoms with Crippen molar-refractivity contribution in [3.8, 4) is 22.6 Å². The highest BCUT2D eigenvalue weighted by atomic mass is 19.4. The Hall–Kier alpha value is -4.99. The van der Waals surface area contributed by atoms with Gasteiger partial charge < -0.3 is 25.4 Å². The van der Waals surface area contributed by atoms with Gasteiger partial charge in [-0.05, 0) is 59.2 Å². The summed E-state index contributed by atoms with van der Waals surface area (Å²) in [5.41, 5.74) is 9.28. The average molecular weight is 562 g/mol. The Morgan fingerprint density at radius 1 is 0.976 bits per heavy atom. The number of carbonyl (C=O) groups excluding carboxylic acids is 2. The van der Waals surface area contributed by atoms with Crippen LogP contribution in [0.2, 0.25) is 0 Å². The predicted octanol–water partition coefficient (Wildman–Crippen LogP) is 6.38. The molecule has 0 aliphatic carbocycles. The van der Waals surface area contributed by atoms with Crippen LogP contribution in [-0.2, 0) is 19.3 Å². The van der Waals surface area contributed by atoms with E-state index in [4.69, 9.17) is 15.2 Å². The molecule has 0 unspecified atom stereocenters. The largest absolute Gasteiger partial charge is 0.493 e. The number of amides is 2. The molecule has 0 radical (unpaired) electrons. The van der Waals surface area contributed by atoms with Crippen molar-refractivity contribution >= 4 is 23.2 Å². The van der Waals surface area contributed by atoms with Crippen molar-refractivity contribution in [1.82, 2.24) is 4.90 Å². The molecule has 5 rings (SSSR count). The van der Waals surface area contributed by atoms with Gasteiger partial charge in [-0.25, -0.2) is 0 Å².